The van der Waals surface area contributed by atoms with E-state index >= 15 is 0 Å². The predicted molar refractivity (Wildman–Crippen MR) is 153 cm³/mol. The molecule has 0 spiro atoms. The fourth-order valence-corrected chi connectivity index (χ4v) is 5.04. The average Bonchev–Trinajstić information content (AvgIpc) is 3.31. The van der Waals surface area contributed by atoms with Crippen molar-refractivity contribution in [3.05, 3.63) is 40.4 Å². The topological polar surface area (TPSA) is 134 Å². The van der Waals surface area contributed by atoms with Gasteiger partial charge in [0.25, 0.3) is 0 Å². The van der Waals surface area contributed by atoms with Crippen LogP contribution in [0.15, 0.2) is 24.3 Å². The number of nitrogens with zero attached hydrogens (tertiary/aromatic N) is 5. The monoisotopic (exact) mass is 555 g/mol. The summed E-state index contributed by atoms with van der Waals surface area (Å²) in [5.41, 5.74) is 1.57. The summed E-state index contributed by atoms with van der Waals surface area (Å²) in [4.78, 5) is 30.8. The Morgan fingerprint density at radius 2 is 1.85 bits per heavy atom. The molecule has 0 saturated carbocycles. The predicted octanol–water partition coefficient (Wildman–Crippen LogP) is 3.02. The number of nitrogens with one attached hydrogen (secondary N) is 2. The van der Waals surface area contributed by atoms with Gasteiger partial charge in [-0.3, -0.25) is 5.32 Å². The molecule has 14 heteroatoms. The van der Waals surface area contributed by atoms with E-state index in [-0.39, 0.29) is 0 Å². The van der Waals surface area contributed by atoms with Gasteiger partial charge >= 0.3 is 13.0 Å². The van der Waals surface area contributed by atoms with E-state index < -0.39 is 13.0 Å². The molecule has 1 aliphatic heterocycles. The van der Waals surface area contributed by atoms with Crippen molar-refractivity contribution in [3.63, 3.8) is 0 Å². The van der Waals surface area contributed by atoms with Crippen molar-refractivity contribution in [2.24, 2.45) is 0 Å². The zero-order valence-corrected chi connectivity index (χ0v) is 23.7. The second-order valence-electron chi connectivity index (χ2n) is 8.91. The van der Waals surface area contributed by atoms with Gasteiger partial charge in [-0.15, -0.1) is 0 Å². The Bertz CT molecular complexity index is 1280. The minimum absolute atomic E-state index is 0.293. The molecule has 3 aromatic rings. The molecule has 1 fully saturated rings. The zero-order valence-electron chi connectivity index (χ0n) is 22.9. The summed E-state index contributed by atoms with van der Waals surface area (Å²) in [5, 5.41) is 17.0. The molecule has 0 aliphatic carbocycles. The second-order valence-corrected chi connectivity index (χ2v) is 9.91. The van der Waals surface area contributed by atoms with E-state index in [9.17, 15) is 9.82 Å². The summed E-state index contributed by atoms with van der Waals surface area (Å²) < 4.78 is 15.9. The van der Waals surface area contributed by atoms with Crippen LogP contribution in [0.2, 0.25) is 6.82 Å². The minimum Gasteiger partial charge on any atom is -0.493 e. The Morgan fingerprint density at radius 3 is 2.51 bits per heavy atom. The number of ether oxygens (including phenoxy) is 3. The molecule has 1 saturated heterocycles. The van der Waals surface area contributed by atoms with E-state index in [4.69, 9.17) is 19.2 Å². The third-order valence-corrected chi connectivity index (χ3v) is 7.33. The van der Waals surface area contributed by atoms with E-state index in [1.54, 1.807) is 34.9 Å². The first-order valence-electron chi connectivity index (χ1n) is 12.7. The van der Waals surface area contributed by atoms with Crippen molar-refractivity contribution < 1.29 is 24.0 Å². The van der Waals surface area contributed by atoms with Gasteiger partial charge in [0.2, 0.25) is 5.95 Å². The lowest BCUT2D eigenvalue weighted by molar-refractivity contribution is 0.0531. The molecule has 0 unspecified atom stereocenters. The highest BCUT2D eigenvalue weighted by atomic mass is 32.1. The number of anilines is 4. The van der Waals surface area contributed by atoms with Crippen LogP contribution in [0.4, 0.5) is 22.7 Å². The van der Waals surface area contributed by atoms with E-state index in [1.165, 1.54) is 11.3 Å². The van der Waals surface area contributed by atoms with Crippen molar-refractivity contribution in [1.82, 2.24) is 19.8 Å². The smallest absolute Gasteiger partial charge is 0.376 e. The maximum atomic E-state index is 12.3. The fourth-order valence-electron chi connectivity index (χ4n) is 4.18. The number of hydrogen-bond donors (Lipinski definition) is 3. The van der Waals surface area contributed by atoms with Crippen LogP contribution in [0, 0.1) is 6.92 Å². The number of thiazole rings is 1. The molecule has 0 atom stereocenters. The number of methoxy groups -OCH3 is 2. The van der Waals surface area contributed by atoms with Crippen molar-refractivity contribution in [2.75, 3.05) is 62.5 Å². The van der Waals surface area contributed by atoms with E-state index in [0.29, 0.717) is 78.3 Å². The van der Waals surface area contributed by atoms with Gasteiger partial charge < -0.3 is 34.3 Å². The lowest BCUT2D eigenvalue weighted by Gasteiger charge is -2.36. The van der Waals surface area contributed by atoms with E-state index in [2.05, 4.69) is 25.5 Å². The molecule has 0 bridgehead atoms. The van der Waals surface area contributed by atoms with Crippen LogP contribution in [0.3, 0.4) is 0 Å². The van der Waals surface area contributed by atoms with Crippen molar-refractivity contribution in [3.8, 4) is 11.5 Å². The minimum atomic E-state index is -0.491. The number of hydrogen-bond acceptors (Lipinski definition) is 13. The van der Waals surface area contributed by atoms with Gasteiger partial charge in [-0.1, -0.05) is 17.4 Å². The summed E-state index contributed by atoms with van der Waals surface area (Å²) in [7, 11) is 2.72. The Balaban J connectivity index is 1.57. The number of carbonyl (C=O) groups is 1. The number of benzene rings is 1. The normalized spacial score (nSPS) is 13.6. The molecule has 1 aromatic carbocycles. The van der Waals surface area contributed by atoms with Gasteiger partial charge in [0.05, 0.1) is 26.5 Å². The Morgan fingerprint density at radius 1 is 1.10 bits per heavy atom. The Labute approximate surface area is 232 Å². The zero-order chi connectivity index (χ0) is 27.9. The van der Waals surface area contributed by atoms with Gasteiger partial charge in [-0.25, -0.2) is 9.78 Å². The summed E-state index contributed by atoms with van der Waals surface area (Å²) >= 11 is 1.20. The highest BCUT2D eigenvalue weighted by molar-refractivity contribution is 7.17. The van der Waals surface area contributed by atoms with E-state index in [1.807, 2.05) is 29.1 Å². The standard InChI is InChI=1S/C25H34BN7O5S/c1-6-38-23(34)22-16(2)28-25(39-22)31-24-29-20(27-15-17-7-8-18(36-4)19(13-17)37-5)14-21(30-24)32-9-11-33(12-10-32)26(3)35/h7-8,13-14,35H,6,9-12,15H2,1-5H3,(H2,27,28,29,30,31). The molecule has 3 N–H and O–H groups in total. The second kappa shape index (κ2) is 13.0. The number of carbonyl (C=O) groups excluding carboxylic acids is 1. The van der Waals surface area contributed by atoms with Gasteiger partial charge in [0, 0.05) is 38.8 Å². The highest BCUT2D eigenvalue weighted by Gasteiger charge is 2.24. The van der Waals surface area contributed by atoms with Crippen LogP contribution >= 0.6 is 11.3 Å². The molecule has 4 rings (SSSR count). The van der Waals surface area contributed by atoms with Crippen LogP contribution in [0.5, 0.6) is 11.5 Å². The van der Waals surface area contributed by atoms with Crippen molar-refractivity contribution in [2.45, 2.75) is 27.2 Å². The van der Waals surface area contributed by atoms with Crippen LogP contribution in [-0.4, -0.2) is 84.8 Å². The maximum Gasteiger partial charge on any atom is 0.376 e. The lowest BCUT2D eigenvalue weighted by atomic mass is 9.84. The molecule has 0 amide bonds. The Kier molecular flexibility index (Phi) is 9.43. The molecule has 2 aromatic heterocycles. The summed E-state index contributed by atoms with van der Waals surface area (Å²) in [6.07, 6.45) is 0. The largest absolute Gasteiger partial charge is 0.493 e. The SMILES string of the molecule is CCOC(=O)c1sc(Nc2nc(NCc3ccc(OC)c(OC)c3)cc(N3CCN(B(C)O)CC3)n2)nc1C. The number of aromatic nitrogens is 3. The van der Waals surface area contributed by atoms with Gasteiger partial charge in [-0.2, -0.15) is 9.97 Å². The quantitative estimate of drug-likeness (QED) is 0.237. The molecule has 208 valence electrons. The molecular formula is C25H34BN7O5S. The van der Waals surface area contributed by atoms with Crippen molar-refractivity contribution in [1.29, 1.82) is 0 Å². The molecule has 3 heterocycles. The van der Waals surface area contributed by atoms with E-state index in [0.717, 1.165) is 11.4 Å². The van der Waals surface area contributed by atoms with Gasteiger partial charge in [0.1, 0.15) is 16.5 Å². The van der Waals surface area contributed by atoms with Crippen molar-refractivity contribution >= 4 is 47.1 Å². The maximum absolute atomic E-state index is 12.3. The summed E-state index contributed by atoms with van der Waals surface area (Å²) in [5.74, 6) is 2.62. The molecule has 1 aliphatic rings. The van der Waals surface area contributed by atoms with Gasteiger partial charge in [-0.05, 0) is 38.4 Å². The first kappa shape index (κ1) is 28.4. The molecule has 12 nitrogen and oxygen atoms in total. The van der Waals surface area contributed by atoms with Crippen LogP contribution < -0.4 is 25.0 Å². The van der Waals surface area contributed by atoms with Gasteiger partial charge in [0.15, 0.2) is 16.6 Å². The lowest BCUT2D eigenvalue weighted by Crippen LogP contribution is -2.51. The highest BCUT2D eigenvalue weighted by Crippen LogP contribution is 2.29. The Hall–Kier alpha value is -3.62. The van der Waals surface area contributed by atoms with Crippen LogP contribution in [0.25, 0.3) is 0 Å². The van der Waals surface area contributed by atoms with Crippen LogP contribution in [0.1, 0.15) is 27.9 Å². The fraction of sp³-hybridized carbons (Fsp3) is 0.440. The number of rotatable bonds is 11. The summed E-state index contributed by atoms with van der Waals surface area (Å²) in [6, 6.07) is 7.64. The number of esters is 1. The number of piperazine rings is 1. The third-order valence-electron chi connectivity index (χ3n) is 6.28. The first-order valence-corrected chi connectivity index (χ1v) is 13.5. The van der Waals surface area contributed by atoms with Crippen LogP contribution in [-0.2, 0) is 11.3 Å². The molecule has 39 heavy (non-hydrogen) atoms. The molecular weight excluding hydrogens is 521 g/mol. The molecule has 0 radical (unpaired) electrons. The average molecular weight is 555 g/mol. The summed E-state index contributed by atoms with van der Waals surface area (Å²) in [6.45, 7) is 8.95. The first-order chi connectivity index (χ1) is 18.8. The third kappa shape index (κ3) is 7.08. The number of aryl methyl sites for hydroxylation is 1.